The number of aromatic nitrogens is 1. The number of hydrogen-bond acceptors (Lipinski definition) is 8. The molecular weight excluding hydrogens is 646 g/mol. The van der Waals surface area contributed by atoms with E-state index in [1.54, 1.807) is 69.6 Å². The van der Waals surface area contributed by atoms with Gasteiger partial charge in [-0.1, -0.05) is 99.3 Å². The highest BCUT2D eigenvalue weighted by molar-refractivity contribution is 5.88. The highest BCUT2D eigenvalue weighted by Gasteiger charge is 2.44. The SMILES string of the molecule is COC(=O)N[C@H](C(=O)NN(Cc1cccc(C#Cc2cccnc2)c1)C[C@](O)(C(=O)N[C@H]1c2ccccc2C[C@H]1O)c1ccccc1)C(C)(C)C. The maximum Gasteiger partial charge on any atom is 0.407 e. The highest BCUT2D eigenvalue weighted by Crippen LogP contribution is 2.33. The van der Waals surface area contributed by atoms with Crippen LogP contribution in [0.25, 0.3) is 0 Å². The first-order valence-corrected chi connectivity index (χ1v) is 16.6. The molecule has 0 radical (unpaired) electrons. The van der Waals surface area contributed by atoms with Gasteiger partial charge in [-0.2, -0.15) is 0 Å². The number of nitrogens with one attached hydrogen (secondary N) is 3. The van der Waals surface area contributed by atoms with Crippen LogP contribution in [-0.4, -0.2) is 63.9 Å². The van der Waals surface area contributed by atoms with Crippen molar-refractivity contribution in [2.75, 3.05) is 13.7 Å². The van der Waals surface area contributed by atoms with Crippen LogP contribution in [0.3, 0.4) is 0 Å². The number of aliphatic hydroxyl groups is 2. The molecule has 5 rings (SSSR count). The normalized spacial score (nSPS) is 16.8. The molecular formula is C40H43N5O6. The third-order valence-corrected chi connectivity index (χ3v) is 8.69. The van der Waals surface area contributed by atoms with Crippen molar-refractivity contribution in [2.45, 2.75) is 57.5 Å². The summed E-state index contributed by atoms with van der Waals surface area (Å²) in [5.74, 6) is 4.87. The van der Waals surface area contributed by atoms with Crippen molar-refractivity contribution in [1.82, 2.24) is 26.1 Å². The summed E-state index contributed by atoms with van der Waals surface area (Å²) in [5, 5.41) is 30.3. The molecule has 1 aromatic heterocycles. The molecule has 0 saturated carbocycles. The van der Waals surface area contributed by atoms with Gasteiger partial charge in [-0.15, -0.1) is 0 Å². The summed E-state index contributed by atoms with van der Waals surface area (Å²) in [4.78, 5) is 44.6. The van der Waals surface area contributed by atoms with Crippen molar-refractivity contribution < 1.29 is 29.3 Å². The number of fused-ring (bicyclic) bond motifs is 1. The molecule has 11 heteroatoms. The number of amides is 3. The van der Waals surface area contributed by atoms with Crippen molar-refractivity contribution in [1.29, 1.82) is 0 Å². The molecule has 1 heterocycles. The van der Waals surface area contributed by atoms with Crippen LogP contribution >= 0.6 is 0 Å². The monoisotopic (exact) mass is 689 g/mol. The van der Waals surface area contributed by atoms with Gasteiger partial charge in [-0.3, -0.25) is 20.0 Å². The highest BCUT2D eigenvalue weighted by atomic mass is 16.5. The minimum absolute atomic E-state index is 0.0422. The zero-order valence-electron chi connectivity index (χ0n) is 29.1. The molecule has 0 unspecified atom stereocenters. The first-order chi connectivity index (χ1) is 24.4. The van der Waals surface area contributed by atoms with Gasteiger partial charge in [0, 0.05) is 36.5 Å². The van der Waals surface area contributed by atoms with E-state index in [0.717, 1.165) is 22.3 Å². The third kappa shape index (κ3) is 9.18. The van der Waals surface area contributed by atoms with E-state index >= 15 is 0 Å². The molecule has 51 heavy (non-hydrogen) atoms. The third-order valence-electron chi connectivity index (χ3n) is 8.69. The Hall–Kier alpha value is -5.54. The number of rotatable bonds is 10. The fourth-order valence-corrected chi connectivity index (χ4v) is 6.05. The van der Waals surface area contributed by atoms with Gasteiger partial charge >= 0.3 is 6.09 Å². The quantitative estimate of drug-likeness (QED) is 0.125. The van der Waals surface area contributed by atoms with Crippen LogP contribution in [-0.2, 0) is 32.9 Å². The van der Waals surface area contributed by atoms with Gasteiger partial charge in [-0.05, 0) is 51.9 Å². The maximum absolute atomic E-state index is 14.3. The smallest absolute Gasteiger partial charge is 0.407 e. The Kier molecular flexibility index (Phi) is 11.5. The average molecular weight is 690 g/mol. The number of benzene rings is 3. The molecule has 0 bridgehead atoms. The lowest BCUT2D eigenvalue weighted by Gasteiger charge is -2.37. The second-order valence-corrected chi connectivity index (χ2v) is 13.6. The number of carbonyl (C=O) groups excluding carboxylic acids is 3. The molecule has 3 aromatic carbocycles. The van der Waals surface area contributed by atoms with Crippen molar-refractivity contribution in [3.8, 4) is 11.8 Å². The van der Waals surface area contributed by atoms with Crippen LogP contribution in [0.1, 0.15) is 60.2 Å². The zero-order chi connectivity index (χ0) is 36.6. The summed E-state index contributed by atoms with van der Waals surface area (Å²) >= 11 is 0. The Balaban J connectivity index is 1.50. The molecule has 4 atom stereocenters. The molecule has 1 aliphatic carbocycles. The van der Waals surface area contributed by atoms with Crippen LogP contribution in [0, 0.1) is 17.3 Å². The fourth-order valence-electron chi connectivity index (χ4n) is 6.05. The number of aliphatic hydroxyl groups excluding tert-OH is 1. The van der Waals surface area contributed by atoms with Gasteiger partial charge < -0.3 is 25.6 Å². The summed E-state index contributed by atoms with van der Waals surface area (Å²) < 4.78 is 4.79. The second kappa shape index (κ2) is 16.0. The first kappa shape index (κ1) is 36.7. The molecule has 4 aromatic rings. The zero-order valence-corrected chi connectivity index (χ0v) is 29.1. The first-order valence-electron chi connectivity index (χ1n) is 16.6. The Morgan fingerprint density at radius 1 is 0.961 bits per heavy atom. The molecule has 1 aliphatic rings. The summed E-state index contributed by atoms with van der Waals surface area (Å²) in [6.45, 7) is 5.02. The molecule has 0 spiro atoms. The predicted molar refractivity (Wildman–Crippen MR) is 191 cm³/mol. The number of hydrogen-bond donors (Lipinski definition) is 5. The van der Waals surface area contributed by atoms with Crippen LogP contribution in [0.4, 0.5) is 4.79 Å². The number of methoxy groups -OCH3 is 1. The Labute approximate surface area is 298 Å². The van der Waals surface area contributed by atoms with Gasteiger partial charge in [0.25, 0.3) is 11.8 Å². The number of nitrogens with zero attached hydrogens (tertiary/aromatic N) is 2. The Morgan fingerprint density at radius 2 is 1.67 bits per heavy atom. The molecule has 0 aliphatic heterocycles. The number of hydrazine groups is 1. The minimum Gasteiger partial charge on any atom is -0.453 e. The lowest BCUT2D eigenvalue weighted by atomic mass is 9.86. The predicted octanol–water partition coefficient (Wildman–Crippen LogP) is 3.75. The molecule has 5 N–H and O–H groups in total. The van der Waals surface area contributed by atoms with Crippen molar-refractivity contribution in [2.24, 2.45) is 5.41 Å². The Bertz CT molecular complexity index is 1900. The summed E-state index contributed by atoms with van der Waals surface area (Å²) in [6, 6.07) is 25.1. The van der Waals surface area contributed by atoms with Gasteiger partial charge in [0.2, 0.25) is 0 Å². The summed E-state index contributed by atoms with van der Waals surface area (Å²) in [5.41, 5.74) is 4.03. The maximum atomic E-state index is 14.3. The molecule has 0 saturated heterocycles. The van der Waals surface area contributed by atoms with Crippen LogP contribution in [0.2, 0.25) is 0 Å². The van der Waals surface area contributed by atoms with Gasteiger partial charge in [0.05, 0.1) is 25.8 Å². The van der Waals surface area contributed by atoms with Crippen molar-refractivity contribution >= 4 is 17.9 Å². The average Bonchev–Trinajstić information content (AvgIpc) is 3.44. The van der Waals surface area contributed by atoms with Crippen molar-refractivity contribution in [3.05, 3.63) is 137 Å². The standard InChI is InChI=1S/C40H43N5O6/c1-39(2,3)35(43-38(49)51-4)36(47)44-45(25-29-13-10-12-27(22-29)19-20-28-14-11-21-41-24-28)26-40(50,31-16-6-5-7-17-31)37(48)42-34-32-18-9-8-15-30(32)23-33(34)46/h5-18,21-22,24,33-35,46,50H,23,25-26H2,1-4H3,(H,42,48)(H,43,49)(H,44,47)/t33-,34+,35-,40-/m1/s1. The van der Waals surface area contributed by atoms with Gasteiger partial charge in [0.15, 0.2) is 5.60 Å². The minimum atomic E-state index is -2.21. The van der Waals surface area contributed by atoms with Gasteiger partial charge in [0.1, 0.15) is 6.04 Å². The van der Waals surface area contributed by atoms with Crippen LogP contribution in [0.5, 0.6) is 0 Å². The van der Waals surface area contributed by atoms with Crippen LogP contribution < -0.4 is 16.1 Å². The number of carbonyl (C=O) groups is 3. The van der Waals surface area contributed by atoms with E-state index < -0.39 is 53.7 Å². The largest absolute Gasteiger partial charge is 0.453 e. The molecule has 3 amide bonds. The summed E-state index contributed by atoms with van der Waals surface area (Å²) in [6.07, 6.45) is 2.02. The van der Waals surface area contributed by atoms with E-state index in [1.807, 2.05) is 54.6 Å². The summed E-state index contributed by atoms with van der Waals surface area (Å²) in [7, 11) is 1.21. The van der Waals surface area contributed by atoms with E-state index in [-0.39, 0.29) is 12.1 Å². The molecule has 264 valence electrons. The topological polar surface area (TPSA) is 153 Å². The molecule has 11 nitrogen and oxygen atoms in total. The van der Waals surface area contributed by atoms with E-state index in [9.17, 15) is 24.6 Å². The van der Waals surface area contributed by atoms with E-state index in [0.29, 0.717) is 12.0 Å². The number of pyridine rings is 1. The number of alkyl carbamates (subject to hydrolysis) is 1. The van der Waals surface area contributed by atoms with Crippen LogP contribution in [0.15, 0.2) is 103 Å². The second-order valence-electron chi connectivity index (χ2n) is 13.6. The van der Waals surface area contributed by atoms with E-state index in [2.05, 4.69) is 32.9 Å². The number of ether oxygens (including phenoxy) is 1. The Morgan fingerprint density at radius 3 is 2.37 bits per heavy atom. The van der Waals surface area contributed by atoms with E-state index in [4.69, 9.17) is 4.74 Å². The molecule has 0 fully saturated rings. The van der Waals surface area contributed by atoms with E-state index in [1.165, 1.54) is 12.1 Å². The fraction of sp³-hybridized carbons (Fsp3) is 0.300. The van der Waals surface area contributed by atoms with Gasteiger partial charge in [-0.25, -0.2) is 9.80 Å². The van der Waals surface area contributed by atoms with Crippen molar-refractivity contribution in [3.63, 3.8) is 0 Å². The lowest BCUT2D eigenvalue weighted by molar-refractivity contribution is -0.149. The lowest BCUT2D eigenvalue weighted by Crippen LogP contribution is -2.60.